The summed E-state index contributed by atoms with van der Waals surface area (Å²) in [6.45, 7) is 10.2. The van der Waals surface area contributed by atoms with Crippen LogP contribution in [0.1, 0.15) is 26.7 Å². The van der Waals surface area contributed by atoms with Gasteiger partial charge in [0, 0.05) is 19.1 Å². The molecule has 0 N–H and O–H groups in total. The van der Waals surface area contributed by atoms with Crippen molar-refractivity contribution in [2.45, 2.75) is 32.7 Å². The lowest BCUT2D eigenvalue weighted by molar-refractivity contribution is 0.213. The van der Waals surface area contributed by atoms with E-state index in [1.165, 1.54) is 13.0 Å². The summed E-state index contributed by atoms with van der Waals surface area (Å²) in [7, 11) is 0. The van der Waals surface area contributed by atoms with E-state index < -0.39 is 0 Å². The van der Waals surface area contributed by atoms with Crippen molar-refractivity contribution < 1.29 is 0 Å². The Morgan fingerprint density at radius 1 is 1.29 bits per heavy atom. The first-order valence-corrected chi connectivity index (χ1v) is 5.61. The fourth-order valence-electron chi connectivity index (χ4n) is 2.01. The minimum absolute atomic E-state index is 0.428. The van der Waals surface area contributed by atoms with Gasteiger partial charge in [-0.1, -0.05) is 6.92 Å². The van der Waals surface area contributed by atoms with Crippen LogP contribution in [-0.2, 0) is 0 Å². The summed E-state index contributed by atoms with van der Waals surface area (Å²) in [6, 6.07) is 2.68. The largest absolute Gasteiger partial charge is 0.302 e. The Morgan fingerprint density at radius 3 is 2.71 bits per heavy atom. The molecular formula is C11H21N3. The van der Waals surface area contributed by atoms with Crippen molar-refractivity contribution in [3.63, 3.8) is 0 Å². The first kappa shape index (κ1) is 11.5. The second-order valence-electron chi connectivity index (χ2n) is 4.04. The van der Waals surface area contributed by atoms with Crippen LogP contribution in [0.5, 0.6) is 0 Å². The molecule has 0 aromatic heterocycles. The van der Waals surface area contributed by atoms with Gasteiger partial charge in [0.15, 0.2) is 0 Å². The molecule has 3 nitrogen and oxygen atoms in total. The molecule has 80 valence electrons. The number of nitriles is 1. The topological polar surface area (TPSA) is 30.3 Å². The molecule has 0 saturated carbocycles. The van der Waals surface area contributed by atoms with Crippen LogP contribution in [0.25, 0.3) is 0 Å². The predicted molar refractivity (Wildman–Crippen MR) is 58.0 cm³/mol. The summed E-state index contributed by atoms with van der Waals surface area (Å²) >= 11 is 0. The third kappa shape index (κ3) is 3.28. The first-order chi connectivity index (χ1) is 6.77. The van der Waals surface area contributed by atoms with Gasteiger partial charge in [0.05, 0.1) is 12.5 Å². The summed E-state index contributed by atoms with van der Waals surface area (Å²) in [5.74, 6) is 0. The Kier molecular flexibility index (Phi) is 4.92. The molecule has 0 radical (unpaired) electrons. The smallest absolute Gasteiger partial charge is 0.0638 e. The summed E-state index contributed by atoms with van der Waals surface area (Å²) in [4.78, 5) is 4.93. The Hall–Kier alpha value is -0.590. The van der Waals surface area contributed by atoms with E-state index in [0.29, 0.717) is 12.5 Å². The van der Waals surface area contributed by atoms with Gasteiger partial charge in [0.2, 0.25) is 0 Å². The van der Waals surface area contributed by atoms with Gasteiger partial charge in [-0.3, -0.25) is 4.90 Å². The molecule has 1 atom stereocenters. The van der Waals surface area contributed by atoms with Crippen molar-refractivity contribution in [1.82, 2.24) is 9.80 Å². The Labute approximate surface area is 87.3 Å². The molecule has 0 aromatic rings. The molecule has 1 heterocycles. The SMILES string of the molecule is CCN1CCCN(C(C)CC#N)CC1. The molecule has 1 fully saturated rings. The maximum Gasteiger partial charge on any atom is 0.0638 e. The number of rotatable bonds is 3. The zero-order valence-electron chi connectivity index (χ0n) is 9.37. The number of hydrogen-bond acceptors (Lipinski definition) is 3. The summed E-state index contributed by atoms with van der Waals surface area (Å²) in [5, 5.41) is 8.65. The Bertz CT molecular complexity index is 197. The maximum atomic E-state index is 8.65. The lowest BCUT2D eigenvalue weighted by Crippen LogP contribution is -2.36. The molecular weight excluding hydrogens is 174 g/mol. The zero-order chi connectivity index (χ0) is 10.4. The van der Waals surface area contributed by atoms with Gasteiger partial charge in [-0.25, -0.2) is 0 Å². The molecule has 1 rings (SSSR count). The van der Waals surface area contributed by atoms with Crippen LogP contribution in [0.2, 0.25) is 0 Å². The van der Waals surface area contributed by atoms with E-state index in [4.69, 9.17) is 5.26 Å². The van der Waals surface area contributed by atoms with Gasteiger partial charge in [-0.05, 0) is 33.0 Å². The molecule has 1 saturated heterocycles. The average Bonchev–Trinajstić information content (AvgIpc) is 2.42. The van der Waals surface area contributed by atoms with Crippen LogP contribution in [0.3, 0.4) is 0 Å². The van der Waals surface area contributed by atoms with Crippen molar-refractivity contribution in [3.8, 4) is 6.07 Å². The highest BCUT2D eigenvalue weighted by molar-refractivity contribution is 4.81. The molecule has 0 spiro atoms. The monoisotopic (exact) mass is 195 g/mol. The standard InChI is InChI=1S/C11H21N3/c1-3-13-7-4-8-14(10-9-13)11(2)5-6-12/h11H,3-5,7-10H2,1-2H3. The lowest BCUT2D eigenvalue weighted by Gasteiger charge is -2.25. The Morgan fingerprint density at radius 2 is 2.07 bits per heavy atom. The molecule has 0 bridgehead atoms. The van der Waals surface area contributed by atoms with Gasteiger partial charge in [0.25, 0.3) is 0 Å². The van der Waals surface area contributed by atoms with Crippen LogP contribution in [0, 0.1) is 11.3 Å². The second kappa shape index (κ2) is 6.00. The average molecular weight is 195 g/mol. The third-order valence-corrected chi connectivity index (χ3v) is 3.08. The number of hydrogen-bond donors (Lipinski definition) is 0. The molecule has 14 heavy (non-hydrogen) atoms. The summed E-state index contributed by atoms with van der Waals surface area (Å²) < 4.78 is 0. The van der Waals surface area contributed by atoms with E-state index in [1.807, 2.05) is 0 Å². The molecule has 0 aromatic carbocycles. The van der Waals surface area contributed by atoms with Gasteiger partial charge < -0.3 is 4.90 Å². The minimum atomic E-state index is 0.428. The van der Waals surface area contributed by atoms with Crippen LogP contribution in [0.4, 0.5) is 0 Å². The first-order valence-electron chi connectivity index (χ1n) is 5.61. The van der Waals surface area contributed by atoms with E-state index in [1.54, 1.807) is 0 Å². The normalized spacial score (nSPS) is 22.6. The van der Waals surface area contributed by atoms with E-state index in [-0.39, 0.29) is 0 Å². The summed E-state index contributed by atoms with van der Waals surface area (Å²) in [6.07, 6.45) is 1.90. The minimum Gasteiger partial charge on any atom is -0.302 e. The Balaban J connectivity index is 2.38. The molecule has 1 aliphatic rings. The quantitative estimate of drug-likeness (QED) is 0.680. The molecule has 0 aliphatic carbocycles. The number of nitrogens with zero attached hydrogens (tertiary/aromatic N) is 3. The van der Waals surface area contributed by atoms with Crippen LogP contribution < -0.4 is 0 Å². The maximum absolute atomic E-state index is 8.65. The fourth-order valence-corrected chi connectivity index (χ4v) is 2.01. The highest BCUT2D eigenvalue weighted by Crippen LogP contribution is 2.08. The van der Waals surface area contributed by atoms with Crippen molar-refractivity contribution in [2.24, 2.45) is 0 Å². The second-order valence-corrected chi connectivity index (χ2v) is 4.04. The van der Waals surface area contributed by atoms with Crippen molar-refractivity contribution in [1.29, 1.82) is 5.26 Å². The predicted octanol–water partition coefficient (Wildman–Crippen LogP) is 1.32. The zero-order valence-corrected chi connectivity index (χ0v) is 9.37. The van der Waals surface area contributed by atoms with E-state index in [9.17, 15) is 0 Å². The molecule has 1 unspecified atom stereocenters. The van der Waals surface area contributed by atoms with Gasteiger partial charge in [-0.2, -0.15) is 5.26 Å². The van der Waals surface area contributed by atoms with Gasteiger partial charge in [0.1, 0.15) is 0 Å². The van der Waals surface area contributed by atoms with Crippen LogP contribution >= 0.6 is 0 Å². The molecule has 1 aliphatic heterocycles. The van der Waals surface area contributed by atoms with E-state index >= 15 is 0 Å². The summed E-state index contributed by atoms with van der Waals surface area (Å²) in [5.41, 5.74) is 0. The fraction of sp³-hybridized carbons (Fsp3) is 0.909. The van der Waals surface area contributed by atoms with Gasteiger partial charge in [-0.15, -0.1) is 0 Å². The van der Waals surface area contributed by atoms with Crippen molar-refractivity contribution >= 4 is 0 Å². The van der Waals surface area contributed by atoms with Crippen LogP contribution in [-0.4, -0.2) is 48.6 Å². The van der Waals surface area contributed by atoms with Crippen molar-refractivity contribution in [3.05, 3.63) is 0 Å². The highest BCUT2D eigenvalue weighted by Gasteiger charge is 2.17. The highest BCUT2D eigenvalue weighted by atomic mass is 15.2. The molecule has 3 heteroatoms. The lowest BCUT2D eigenvalue weighted by atomic mass is 10.2. The van der Waals surface area contributed by atoms with Crippen LogP contribution in [0.15, 0.2) is 0 Å². The van der Waals surface area contributed by atoms with E-state index in [2.05, 4.69) is 29.7 Å². The third-order valence-electron chi connectivity index (χ3n) is 3.08. The van der Waals surface area contributed by atoms with E-state index in [0.717, 1.165) is 26.2 Å². The van der Waals surface area contributed by atoms with Gasteiger partial charge >= 0.3 is 0 Å². The number of likely N-dealkylation sites (N-methyl/N-ethyl adjacent to an activating group) is 1. The van der Waals surface area contributed by atoms with Crippen molar-refractivity contribution in [2.75, 3.05) is 32.7 Å². The molecule has 0 amide bonds.